The zero-order valence-electron chi connectivity index (χ0n) is 14.2. The number of carbonyl (C=O) groups excluding carboxylic acids is 3. The molecule has 1 heterocycles. The average Bonchev–Trinajstić information content (AvgIpc) is 3.08. The molecular weight excluding hydrogens is 342 g/mol. The summed E-state index contributed by atoms with van der Waals surface area (Å²) in [6, 6.07) is 9.97. The number of hydrogen-bond donors (Lipinski definition) is 1. The van der Waals surface area contributed by atoms with Gasteiger partial charge < -0.3 is 14.8 Å². The van der Waals surface area contributed by atoms with Gasteiger partial charge in [0.2, 0.25) is 11.7 Å². The molecule has 25 heavy (non-hydrogen) atoms. The maximum atomic E-state index is 12.4. The first-order valence-electron chi connectivity index (χ1n) is 7.63. The maximum absolute atomic E-state index is 12.4. The van der Waals surface area contributed by atoms with E-state index < -0.39 is 12.1 Å². The van der Waals surface area contributed by atoms with Gasteiger partial charge in [-0.3, -0.25) is 9.59 Å². The van der Waals surface area contributed by atoms with Crippen LogP contribution in [0.3, 0.4) is 0 Å². The predicted octanol–water partition coefficient (Wildman–Crippen LogP) is 2.82. The van der Waals surface area contributed by atoms with Crippen LogP contribution in [0.5, 0.6) is 5.75 Å². The number of rotatable bonds is 7. The molecule has 7 heteroatoms. The molecule has 1 N–H and O–H groups in total. The third-order valence-electron chi connectivity index (χ3n) is 3.37. The number of amides is 1. The molecule has 1 atom stereocenters. The number of carbonyl (C=O) groups is 3. The molecule has 0 fully saturated rings. The van der Waals surface area contributed by atoms with Crippen LogP contribution < -0.4 is 10.1 Å². The molecule has 0 spiro atoms. The Morgan fingerprint density at radius 3 is 2.64 bits per heavy atom. The summed E-state index contributed by atoms with van der Waals surface area (Å²) < 4.78 is 10.3. The van der Waals surface area contributed by atoms with Gasteiger partial charge in [-0.1, -0.05) is 6.07 Å². The molecule has 0 saturated carbocycles. The van der Waals surface area contributed by atoms with Gasteiger partial charge in [-0.2, -0.15) is 0 Å². The van der Waals surface area contributed by atoms with E-state index in [0.29, 0.717) is 22.7 Å². The van der Waals surface area contributed by atoms with E-state index in [2.05, 4.69) is 5.32 Å². The van der Waals surface area contributed by atoms with E-state index in [9.17, 15) is 14.4 Å². The Labute approximate surface area is 149 Å². The van der Waals surface area contributed by atoms with E-state index in [1.54, 1.807) is 36.4 Å². The highest BCUT2D eigenvalue weighted by atomic mass is 32.1. The van der Waals surface area contributed by atoms with Crippen LogP contribution in [0.15, 0.2) is 36.4 Å². The molecule has 1 amide bonds. The molecule has 2 rings (SSSR count). The number of esters is 1. The summed E-state index contributed by atoms with van der Waals surface area (Å²) in [6.45, 7) is 3.33. The quantitative estimate of drug-likeness (QED) is 0.606. The van der Waals surface area contributed by atoms with Crippen LogP contribution in [-0.4, -0.2) is 30.9 Å². The summed E-state index contributed by atoms with van der Waals surface area (Å²) in [7, 11) is 1.51. The Kier molecular flexibility index (Phi) is 6.30. The standard InChI is InChI=1S/C18H19NO5S/c1-11(24-18(22)13-5-4-6-14(9-13)23-3)17(21)16-8-7-15(25-16)10-19-12(2)20/h4-9,11H,10H2,1-3H3,(H,19,20). The van der Waals surface area contributed by atoms with Gasteiger partial charge in [-0.05, 0) is 37.3 Å². The molecule has 0 bridgehead atoms. The first-order chi connectivity index (χ1) is 11.9. The summed E-state index contributed by atoms with van der Waals surface area (Å²) in [6.07, 6.45) is -0.911. The number of ketones is 1. The van der Waals surface area contributed by atoms with Crippen molar-refractivity contribution in [2.75, 3.05) is 7.11 Å². The molecule has 1 aromatic heterocycles. The molecular formula is C18H19NO5S. The van der Waals surface area contributed by atoms with E-state index in [1.807, 2.05) is 0 Å². The summed E-state index contributed by atoms with van der Waals surface area (Å²) in [5.41, 5.74) is 0.316. The normalized spacial score (nSPS) is 11.5. The topological polar surface area (TPSA) is 81.7 Å². The minimum atomic E-state index is -0.911. The van der Waals surface area contributed by atoms with Crippen LogP contribution in [0.4, 0.5) is 0 Å². The van der Waals surface area contributed by atoms with Gasteiger partial charge in [0.05, 0.1) is 24.1 Å². The average molecular weight is 361 g/mol. The van der Waals surface area contributed by atoms with Crippen molar-refractivity contribution in [2.45, 2.75) is 26.5 Å². The highest BCUT2D eigenvalue weighted by Crippen LogP contribution is 2.20. The van der Waals surface area contributed by atoms with Gasteiger partial charge in [0, 0.05) is 11.8 Å². The molecule has 0 aliphatic carbocycles. The second kappa shape index (κ2) is 8.43. The second-order valence-electron chi connectivity index (χ2n) is 5.32. The zero-order valence-corrected chi connectivity index (χ0v) is 15.0. The van der Waals surface area contributed by atoms with Crippen LogP contribution in [0.1, 0.15) is 38.8 Å². The van der Waals surface area contributed by atoms with Crippen LogP contribution in [0.2, 0.25) is 0 Å². The first-order valence-corrected chi connectivity index (χ1v) is 8.44. The van der Waals surface area contributed by atoms with E-state index in [-0.39, 0.29) is 11.7 Å². The molecule has 1 unspecified atom stereocenters. The van der Waals surface area contributed by atoms with Crippen LogP contribution in [0.25, 0.3) is 0 Å². The lowest BCUT2D eigenvalue weighted by Crippen LogP contribution is -2.23. The smallest absolute Gasteiger partial charge is 0.338 e. The highest BCUT2D eigenvalue weighted by molar-refractivity contribution is 7.14. The zero-order chi connectivity index (χ0) is 18.4. The van der Waals surface area contributed by atoms with Crippen molar-refractivity contribution in [1.29, 1.82) is 0 Å². The van der Waals surface area contributed by atoms with Crippen molar-refractivity contribution in [2.24, 2.45) is 0 Å². The molecule has 0 aliphatic rings. The largest absolute Gasteiger partial charge is 0.497 e. The van der Waals surface area contributed by atoms with Crippen LogP contribution in [0, 0.1) is 0 Å². The molecule has 0 aliphatic heterocycles. The van der Waals surface area contributed by atoms with Crippen molar-refractivity contribution < 1.29 is 23.9 Å². The van der Waals surface area contributed by atoms with Crippen molar-refractivity contribution in [3.05, 3.63) is 51.7 Å². The highest BCUT2D eigenvalue weighted by Gasteiger charge is 2.22. The van der Waals surface area contributed by atoms with Gasteiger partial charge in [-0.25, -0.2) is 4.79 Å². The van der Waals surface area contributed by atoms with E-state index >= 15 is 0 Å². The van der Waals surface area contributed by atoms with E-state index in [4.69, 9.17) is 9.47 Å². The number of Topliss-reactive ketones (excluding diaryl/α,β-unsaturated/α-hetero) is 1. The molecule has 1 aromatic carbocycles. The van der Waals surface area contributed by atoms with Gasteiger partial charge in [0.1, 0.15) is 5.75 Å². The van der Waals surface area contributed by atoms with Crippen molar-refractivity contribution >= 4 is 29.0 Å². The fourth-order valence-corrected chi connectivity index (χ4v) is 3.01. The Hall–Kier alpha value is -2.67. The maximum Gasteiger partial charge on any atom is 0.338 e. The minimum Gasteiger partial charge on any atom is -0.497 e. The Bertz CT molecular complexity index is 783. The van der Waals surface area contributed by atoms with Crippen molar-refractivity contribution in [3.63, 3.8) is 0 Å². The third-order valence-corrected chi connectivity index (χ3v) is 4.47. The lowest BCUT2D eigenvalue weighted by atomic mass is 10.2. The lowest BCUT2D eigenvalue weighted by molar-refractivity contribution is -0.119. The van der Waals surface area contributed by atoms with Crippen molar-refractivity contribution in [1.82, 2.24) is 5.32 Å². The minimum absolute atomic E-state index is 0.137. The van der Waals surface area contributed by atoms with Gasteiger partial charge in [0.25, 0.3) is 0 Å². The first kappa shape index (κ1) is 18.7. The lowest BCUT2D eigenvalue weighted by Gasteiger charge is -2.11. The van der Waals surface area contributed by atoms with Gasteiger partial charge in [-0.15, -0.1) is 11.3 Å². The third kappa shape index (κ3) is 5.15. The second-order valence-corrected chi connectivity index (χ2v) is 6.49. The fraction of sp³-hybridized carbons (Fsp3) is 0.278. The summed E-state index contributed by atoms with van der Waals surface area (Å²) >= 11 is 1.26. The van der Waals surface area contributed by atoms with Crippen LogP contribution >= 0.6 is 11.3 Å². The monoisotopic (exact) mass is 361 g/mol. The number of nitrogens with one attached hydrogen (secondary N) is 1. The number of methoxy groups -OCH3 is 1. The van der Waals surface area contributed by atoms with Gasteiger partial charge in [0.15, 0.2) is 6.10 Å². The van der Waals surface area contributed by atoms with Gasteiger partial charge >= 0.3 is 5.97 Å². The molecule has 132 valence electrons. The van der Waals surface area contributed by atoms with E-state index in [0.717, 1.165) is 4.88 Å². The number of benzene rings is 1. The number of hydrogen-bond acceptors (Lipinski definition) is 6. The molecule has 2 aromatic rings. The number of thiophene rings is 1. The Balaban J connectivity index is 1.99. The van der Waals surface area contributed by atoms with E-state index in [1.165, 1.54) is 32.3 Å². The molecule has 0 radical (unpaired) electrons. The predicted molar refractivity (Wildman–Crippen MR) is 94.0 cm³/mol. The Morgan fingerprint density at radius 2 is 1.96 bits per heavy atom. The SMILES string of the molecule is COc1cccc(C(=O)OC(C)C(=O)c2ccc(CNC(C)=O)s2)c1. The molecule has 6 nitrogen and oxygen atoms in total. The van der Waals surface area contributed by atoms with Crippen LogP contribution in [-0.2, 0) is 16.1 Å². The Morgan fingerprint density at radius 1 is 1.20 bits per heavy atom. The number of ether oxygens (including phenoxy) is 2. The fourth-order valence-electron chi connectivity index (χ4n) is 2.05. The van der Waals surface area contributed by atoms with Crippen molar-refractivity contribution in [3.8, 4) is 5.75 Å². The molecule has 0 saturated heterocycles. The summed E-state index contributed by atoms with van der Waals surface area (Å²) in [5.74, 6) is -0.471. The summed E-state index contributed by atoms with van der Waals surface area (Å²) in [5, 5.41) is 2.67. The summed E-state index contributed by atoms with van der Waals surface area (Å²) in [4.78, 5) is 36.8.